The standard InChI is InChI=1S/C10H14BrN3OS2/c1-10(8-4-7(11)5-16-8)6-17(3,15)14(2)9(12)13-10/h4-5H,3,6H2,1-2H3,(H2,12,13)/t10-,17?/m0/s1. The van der Waals surface area contributed by atoms with Crippen molar-refractivity contribution in [2.24, 2.45) is 10.7 Å². The van der Waals surface area contributed by atoms with E-state index in [0.29, 0.717) is 5.75 Å². The lowest BCUT2D eigenvalue weighted by Crippen LogP contribution is -2.50. The average Bonchev–Trinajstić information content (AvgIpc) is 2.61. The van der Waals surface area contributed by atoms with E-state index in [2.05, 4.69) is 26.8 Å². The molecule has 4 nitrogen and oxygen atoms in total. The van der Waals surface area contributed by atoms with Gasteiger partial charge < -0.3 is 5.73 Å². The number of thiophene rings is 1. The number of nitrogens with zero attached hydrogens (tertiary/aromatic N) is 2. The van der Waals surface area contributed by atoms with Crippen molar-refractivity contribution < 1.29 is 4.21 Å². The van der Waals surface area contributed by atoms with Crippen LogP contribution in [0.1, 0.15) is 11.8 Å². The molecule has 1 aliphatic rings. The minimum Gasteiger partial charge on any atom is -0.369 e. The fraction of sp³-hybridized carbons (Fsp3) is 0.400. The van der Waals surface area contributed by atoms with Gasteiger partial charge >= 0.3 is 0 Å². The maximum absolute atomic E-state index is 12.4. The van der Waals surface area contributed by atoms with Crippen molar-refractivity contribution in [1.29, 1.82) is 0 Å². The molecule has 0 bridgehead atoms. The maximum atomic E-state index is 12.4. The van der Waals surface area contributed by atoms with Gasteiger partial charge in [-0.3, -0.25) is 4.31 Å². The Morgan fingerprint density at radius 2 is 2.41 bits per heavy atom. The Kier molecular flexibility index (Phi) is 3.04. The summed E-state index contributed by atoms with van der Waals surface area (Å²) >= 11 is 4.99. The molecule has 0 saturated carbocycles. The number of nitrogens with two attached hydrogens (primary N) is 1. The van der Waals surface area contributed by atoms with Crippen molar-refractivity contribution in [3.63, 3.8) is 0 Å². The van der Waals surface area contributed by atoms with Gasteiger partial charge in [-0.1, -0.05) is 0 Å². The van der Waals surface area contributed by atoms with E-state index >= 15 is 0 Å². The predicted octanol–water partition coefficient (Wildman–Crippen LogP) is 1.62. The summed E-state index contributed by atoms with van der Waals surface area (Å²) in [6, 6.07) is 1.99. The van der Waals surface area contributed by atoms with Gasteiger partial charge in [-0.15, -0.1) is 11.3 Å². The summed E-state index contributed by atoms with van der Waals surface area (Å²) in [5.74, 6) is 4.43. The number of aliphatic imine (C=N–C) groups is 1. The van der Waals surface area contributed by atoms with E-state index in [4.69, 9.17) is 5.73 Å². The molecule has 1 unspecified atom stereocenters. The second-order valence-electron chi connectivity index (χ2n) is 4.29. The third-order valence-electron chi connectivity index (χ3n) is 2.79. The molecule has 94 valence electrons. The first-order valence-corrected chi connectivity index (χ1v) is 8.46. The van der Waals surface area contributed by atoms with Gasteiger partial charge in [-0.05, 0) is 34.8 Å². The molecule has 0 aromatic carbocycles. The Morgan fingerprint density at radius 3 is 2.88 bits per heavy atom. The minimum atomic E-state index is -2.39. The second-order valence-corrected chi connectivity index (χ2v) is 8.50. The van der Waals surface area contributed by atoms with E-state index < -0.39 is 15.2 Å². The molecule has 17 heavy (non-hydrogen) atoms. The fourth-order valence-corrected chi connectivity index (χ4v) is 5.08. The number of guanidine groups is 1. The van der Waals surface area contributed by atoms with Crippen LogP contribution in [-0.4, -0.2) is 33.1 Å². The summed E-state index contributed by atoms with van der Waals surface area (Å²) in [5, 5.41) is 1.98. The second kappa shape index (κ2) is 4.00. The first-order chi connectivity index (χ1) is 7.74. The van der Waals surface area contributed by atoms with Crippen LogP contribution in [0.25, 0.3) is 0 Å². The number of rotatable bonds is 1. The summed E-state index contributed by atoms with van der Waals surface area (Å²) in [4.78, 5) is 5.50. The Bertz CT molecular complexity index is 578. The minimum absolute atomic E-state index is 0.281. The van der Waals surface area contributed by atoms with Crippen LogP contribution in [0.3, 0.4) is 0 Å². The molecule has 2 heterocycles. The van der Waals surface area contributed by atoms with Gasteiger partial charge in [-0.2, -0.15) is 0 Å². The molecule has 2 N–H and O–H groups in total. The topological polar surface area (TPSA) is 58.7 Å². The molecule has 0 saturated heterocycles. The van der Waals surface area contributed by atoms with Gasteiger partial charge in [0.1, 0.15) is 5.54 Å². The van der Waals surface area contributed by atoms with Crippen LogP contribution in [0.2, 0.25) is 0 Å². The molecule has 0 fully saturated rings. The molecular formula is C10H14BrN3OS2. The molecule has 1 aliphatic heterocycles. The summed E-state index contributed by atoms with van der Waals surface area (Å²) < 4.78 is 14.9. The molecule has 2 atom stereocenters. The van der Waals surface area contributed by atoms with Crippen molar-refractivity contribution >= 4 is 48.8 Å². The molecular weight excluding hydrogens is 322 g/mol. The molecule has 2 rings (SSSR count). The lowest BCUT2D eigenvalue weighted by Gasteiger charge is -2.36. The molecule has 0 spiro atoms. The quantitative estimate of drug-likeness (QED) is 0.793. The lowest BCUT2D eigenvalue weighted by molar-refractivity contribution is 0.522. The maximum Gasteiger partial charge on any atom is 0.203 e. The van der Waals surface area contributed by atoms with E-state index in [1.165, 1.54) is 4.31 Å². The Balaban J connectivity index is 2.53. The highest BCUT2D eigenvalue weighted by atomic mass is 79.9. The highest BCUT2D eigenvalue weighted by molar-refractivity contribution is 9.10. The zero-order valence-electron chi connectivity index (χ0n) is 9.64. The van der Waals surface area contributed by atoms with Crippen LogP contribution in [-0.2, 0) is 15.2 Å². The van der Waals surface area contributed by atoms with Gasteiger partial charge in [0.25, 0.3) is 0 Å². The highest BCUT2D eigenvalue weighted by Gasteiger charge is 2.37. The van der Waals surface area contributed by atoms with E-state index in [-0.39, 0.29) is 5.96 Å². The summed E-state index contributed by atoms with van der Waals surface area (Å²) in [7, 11) is -0.723. The molecule has 0 amide bonds. The van der Waals surface area contributed by atoms with Crippen LogP contribution < -0.4 is 5.73 Å². The Labute approximate surface area is 114 Å². The SMILES string of the molecule is C=S1(=O)C[C@@](C)(c2cc(Br)cs2)N=C(N)N1C. The van der Waals surface area contributed by atoms with E-state index in [1.807, 2.05) is 18.4 Å². The van der Waals surface area contributed by atoms with Gasteiger partial charge in [0.15, 0.2) is 0 Å². The fourth-order valence-electron chi connectivity index (χ4n) is 1.78. The van der Waals surface area contributed by atoms with Crippen LogP contribution in [0.5, 0.6) is 0 Å². The highest BCUT2D eigenvalue weighted by Crippen LogP contribution is 2.36. The van der Waals surface area contributed by atoms with E-state index in [0.717, 1.165) is 9.35 Å². The van der Waals surface area contributed by atoms with E-state index in [9.17, 15) is 4.21 Å². The molecule has 0 aliphatic carbocycles. The lowest BCUT2D eigenvalue weighted by atomic mass is 10.0. The largest absolute Gasteiger partial charge is 0.369 e. The van der Waals surface area contributed by atoms with Gasteiger partial charge in [0, 0.05) is 21.8 Å². The predicted molar refractivity (Wildman–Crippen MR) is 78.9 cm³/mol. The molecule has 1 aromatic rings. The van der Waals surface area contributed by atoms with Crippen LogP contribution in [0.4, 0.5) is 0 Å². The third kappa shape index (κ3) is 2.23. The van der Waals surface area contributed by atoms with Gasteiger partial charge in [0.2, 0.25) is 5.96 Å². The first-order valence-electron chi connectivity index (χ1n) is 4.93. The van der Waals surface area contributed by atoms with E-state index in [1.54, 1.807) is 18.4 Å². The molecule has 0 radical (unpaired) electrons. The molecule has 7 heteroatoms. The summed E-state index contributed by atoms with van der Waals surface area (Å²) in [6.45, 7) is 1.94. The van der Waals surface area contributed by atoms with Crippen molar-refractivity contribution in [2.45, 2.75) is 12.5 Å². The summed E-state index contributed by atoms with van der Waals surface area (Å²) in [6.07, 6.45) is 0. The average molecular weight is 336 g/mol. The number of halogens is 1. The number of hydrogen-bond donors (Lipinski definition) is 1. The van der Waals surface area contributed by atoms with Gasteiger partial charge in [0.05, 0.1) is 15.5 Å². The third-order valence-corrected chi connectivity index (χ3v) is 6.93. The Hall–Kier alpha value is -0.530. The van der Waals surface area contributed by atoms with Crippen LogP contribution >= 0.6 is 27.3 Å². The van der Waals surface area contributed by atoms with Gasteiger partial charge in [-0.25, -0.2) is 9.20 Å². The van der Waals surface area contributed by atoms with Crippen molar-refractivity contribution in [2.75, 3.05) is 12.8 Å². The monoisotopic (exact) mass is 335 g/mol. The smallest absolute Gasteiger partial charge is 0.203 e. The zero-order chi connectivity index (χ0) is 12.8. The van der Waals surface area contributed by atoms with Crippen LogP contribution in [0, 0.1) is 0 Å². The van der Waals surface area contributed by atoms with Crippen molar-refractivity contribution in [3.05, 3.63) is 20.8 Å². The van der Waals surface area contributed by atoms with Crippen LogP contribution in [0.15, 0.2) is 20.9 Å². The molecule has 1 aromatic heterocycles. The van der Waals surface area contributed by atoms with Crippen molar-refractivity contribution in [1.82, 2.24) is 4.31 Å². The summed E-state index contributed by atoms with van der Waals surface area (Å²) in [5.41, 5.74) is 5.27. The normalized spacial score (nSPS) is 33.6. The number of hydrogen-bond acceptors (Lipinski definition) is 4. The Morgan fingerprint density at radius 1 is 1.76 bits per heavy atom. The van der Waals surface area contributed by atoms with Crippen molar-refractivity contribution in [3.8, 4) is 0 Å². The zero-order valence-corrected chi connectivity index (χ0v) is 12.9. The first kappa shape index (κ1) is 12.9.